The minimum atomic E-state index is 0.0766. The Balaban J connectivity index is 1.64. The van der Waals surface area contributed by atoms with Crippen molar-refractivity contribution in [2.24, 2.45) is 11.8 Å². The maximum absolute atomic E-state index is 12.5. The molecule has 2 atom stereocenters. The second kappa shape index (κ2) is 6.08. The molecule has 1 heterocycles. The van der Waals surface area contributed by atoms with Gasteiger partial charge in [0, 0.05) is 18.8 Å². The topological polar surface area (TPSA) is 32.3 Å². The van der Waals surface area contributed by atoms with E-state index in [9.17, 15) is 4.79 Å². The van der Waals surface area contributed by atoms with E-state index in [1.54, 1.807) is 0 Å². The van der Waals surface area contributed by atoms with Crippen LogP contribution < -0.4 is 5.32 Å². The number of nitrogens with one attached hydrogen (secondary N) is 1. The highest BCUT2D eigenvalue weighted by molar-refractivity contribution is 5.90. The number of nitrogens with zero attached hydrogens (tertiary/aromatic N) is 1. The predicted octanol–water partition coefficient (Wildman–Crippen LogP) is 4.35. The summed E-state index contributed by atoms with van der Waals surface area (Å²) < 4.78 is 0. The van der Waals surface area contributed by atoms with E-state index in [0.29, 0.717) is 0 Å². The standard InChI is InChI=1S/C18H26N2O/c1-13-6-5-9-17(14(13)2)19-18(21)20-11-10-15-7-3-4-8-16(15)12-20/h5-6,9,15-16H,3-4,7-8,10-12H2,1-2H3,(H,19,21)/t15-,16-/m0/s1. The highest BCUT2D eigenvalue weighted by Crippen LogP contribution is 2.36. The maximum atomic E-state index is 12.5. The van der Waals surface area contributed by atoms with Crippen molar-refractivity contribution < 1.29 is 4.79 Å². The monoisotopic (exact) mass is 286 g/mol. The Morgan fingerprint density at radius 1 is 1.14 bits per heavy atom. The third kappa shape index (κ3) is 3.07. The summed E-state index contributed by atoms with van der Waals surface area (Å²) in [4.78, 5) is 14.5. The van der Waals surface area contributed by atoms with Gasteiger partial charge in [-0.15, -0.1) is 0 Å². The third-order valence-electron chi connectivity index (χ3n) is 5.42. The SMILES string of the molecule is Cc1cccc(NC(=O)N2CC[C@@H]3CCCC[C@H]3C2)c1C. The van der Waals surface area contributed by atoms with E-state index in [-0.39, 0.29) is 6.03 Å². The number of amides is 2. The summed E-state index contributed by atoms with van der Waals surface area (Å²) >= 11 is 0. The van der Waals surface area contributed by atoms with Gasteiger partial charge in [0.2, 0.25) is 0 Å². The van der Waals surface area contributed by atoms with Crippen LogP contribution in [0.2, 0.25) is 0 Å². The van der Waals surface area contributed by atoms with E-state index >= 15 is 0 Å². The lowest BCUT2D eigenvalue weighted by Crippen LogP contribution is -2.46. The number of urea groups is 1. The zero-order chi connectivity index (χ0) is 14.8. The van der Waals surface area contributed by atoms with Crippen LogP contribution in [0.25, 0.3) is 0 Å². The first-order chi connectivity index (χ1) is 10.1. The Bertz CT molecular complexity index is 526. The molecule has 3 heteroatoms. The molecule has 114 valence electrons. The largest absolute Gasteiger partial charge is 0.324 e. The van der Waals surface area contributed by atoms with Gasteiger partial charge in [0.25, 0.3) is 0 Å². The number of likely N-dealkylation sites (tertiary alicyclic amines) is 1. The maximum Gasteiger partial charge on any atom is 0.321 e. The molecule has 1 saturated heterocycles. The van der Waals surface area contributed by atoms with E-state index < -0.39 is 0 Å². The lowest BCUT2D eigenvalue weighted by atomic mass is 9.75. The first-order valence-electron chi connectivity index (χ1n) is 8.27. The van der Waals surface area contributed by atoms with Crippen molar-refractivity contribution in [1.29, 1.82) is 0 Å². The minimum absolute atomic E-state index is 0.0766. The molecule has 3 rings (SSSR count). The van der Waals surface area contributed by atoms with Crippen molar-refractivity contribution in [2.45, 2.75) is 46.0 Å². The minimum Gasteiger partial charge on any atom is -0.324 e. The van der Waals surface area contributed by atoms with Crippen LogP contribution in [0.1, 0.15) is 43.2 Å². The van der Waals surface area contributed by atoms with Crippen molar-refractivity contribution in [3.63, 3.8) is 0 Å². The van der Waals surface area contributed by atoms with E-state index in [1.165, 1.54) is 43.2 Å². The molecule has 1 aromatic carbocycles. The van der Waals surface area contributed by atoms with Gasteiger partial charge in [0.1, 0.15) is 0 Å². The van der Waals surface area contributed by atoms with Crippen LogP contribution in [-0.2, 0) is 0 Å². The van der Waals surface area contributed by atoms with Crippen LogP contribution in [0.5, 0.6) is 0 Å². The summed E-state index contributed by atoms with van der Waals surface area (Å²) in [5, 5.41) is 3.10. The van der Waals surface area contributed by atoms with Crippen LogP contribution in [-0.4, -0.2) is 24.0 Å². The molecule has 1 N–H and O–H groups in total. The van der Waals surface area contributed by atoms with Crippen LogP contribution in [0.15, 0.2) is 18.2 Å². The smallest absolute Gasteiger partial charge is 0.321 e. The number of rotatable bonds is 1. The van der Waals surface area contributed by atoms with Crippen LogP contribution in [0.4, 0.5) is 10.5 Å². The summed E-state index contributed by atoms with van der Waals surface area (Å²) in [5.74, 6) is 1.60. The Morgan fingerprint density at radius 3 is 2.71 bits per heavy atom. The van der Waals surface area contributed by atoms with Gasteiger partial charge in [0.05, 0.1) is 0 Å². The molecule has 1 saturated carbocycles. The Labute approximate surface area is 127 Å². The van der Waals surface area contributed by atoms with Gasteiger partial charge in [0.15, 0.2) is 0 Å². The number of anilines is 1. The zero-order valence-corrected chi connectivity index (χ0v) is 13.2. The molecule has 0 unspecified atom stereocenters. The second-order valence-corrected chi connectivity index (χ2v) is 6.72. The second-order valence-electron chi connectivity index (χ2n) is 6.72. The third-order valence-corrected chi connectivity index (χ3v) is 5.42. The number of aryl methyl sites for hydroxylation is 1. The summed E-state index contributed by atoms with van der Waals surface area (Å²) in [6.45, 7) is 6.01. The molecule has 1 aromatic rings. The van der Waals surface area contributed by atoms with Gasteiger partial charge >= 0.3 is 6.03 Å². The van der Waals surface area contributed by atoms with Crippen molar-refractivity contribution in [3.8, 4) is 0 Å². The number of hydrogen-bond donors (Lipinski definition) is 1. The zero-order valence-electron chi connectivity index (χ0n) is 13.2. The number of piperidine rings is 1. The highest BCUT2D eigenvalue weighted by Gasteiger charge is 2.32. The van der Waals surface area contributed by atoms with E-state index in [4.69, 9.17) is 0 Å². The average molecular weight is 286 g/mol. The lowest BCUT2D eigenvalue weighted by Gasteiger charge is -2.41. The Kier molecular flexibility index (Phi) is 4.18. The van der Waals surface area contributed by atoms with Gasteiger partial charge in [-0.3, -0.25) is 0 Å². The van der Waals surface area contributed by atoms with Crippen LogP contribution >= 0.6 is 0 Å². The van der Waals surface area contributed by atoms with Crippen LogP contribution in [0.3, 0.4) is 0 Å². The van der Waals surface area contributed by atoms with Crippen molar-refractivity contribution in [3.05, 3.63) is 29.3 Å². The van der Waals surface area contributed by atoms with Gasteiger partial charge < -0.3 is 10.2 Å². The number of fused-ring (bicyclic) bond motifs is 1. The predicted molar refractivity (Wildman–Crippen MR) is 86.6 cm³/mol. The first kappa shape index (κ1) is 14.4. The van der Waals surface area contributed by atoms with Crippen molar-refractivity contribution in [1.82, 2.24) is 4.90 Å². The fourth-order valence-electron chi connectivity index (χ4n) is 3.87. The molecule has 0 radical (unpaired) electrons. The molecule has 1 aliphatic carbocycles. The van der Waals surface area contributed by atoms with Gasteiger partial charge in [-0.05, 0) is 55.7 Å². The molecule has 0 spiro atoms. The summed E-state index contributed by atoms with van der Waals surface area (Å²) in [6, 6.07) is 6.16. The Morgan fingerprint density at radius 2 is 1.90 bits per heavy atom. The van der Waals surface area contributed by atoms with Crippen molar-refractivity contribution >= 4 is 11.7 Å². The fraction of sp³-hybridized carbons (Fsp3) is 0.611. The number of benzene rings is 1. The number of carbonyl (C=O) groups excluding carboxylic acids is 1. The van der Waals surface area contributed by atoms with E-state index in [0.717, 1.165) is 30.6 Å². The molecular weight excluding hydrogens is 260 g/mol. The quantitative estimate of drug-likeness (QED) is 0.818. The Hall–Kier alpha value is -1.51. The molecule has 2 amide bonds. The molecule has 0 bridgehead atoms. The van der Waals surface area contributed by atoms with Crippen molar-refractivity contribution in [2.75, 3.05) is 18.4 Å². The van der Waals surface area contributed by atoms with E-state index in [1.807, 2.05) is 17.0 Å². The molecule has 2 aliphatic rings. The molecule has 0 aromatic heterocycles. The van der Waals surface area contributed by atoms with Gasteiger partial charge in [-0.25, -0.2) is 4.79 Å². The average Bonchev–Trinajstić information content (AvgIpc) is 2.51. The fourth-order valence-corrected chi connectivity index (χ4v) is 3.87. The first-order valence-corrected chi connectivity index (χ1v) is 8.27. The lowest BCUT2D eigenvalue weighted by molar-refractivity contribution is 0.108. The number of hydrogen-bond acceptors (Lipinski definition) is 1. The summed E-state index contributed by atoms with van der Waals surface area (Å²) in [5.41, 5.74) is 3.34. The summed E-state index contributed by atoms with van der Waals surface area (Å²) in [7, 11) is 0. The van der Waals surface area contributed by atoms with E-state index in [2.05, 4.69) is 25.2 Å². The van der Waals surface area contributed by atoms with Gasteiger partial charge in [-0.1, -0.05) is 31.4 Å². The molecule has 1 aliphatic heterocycles. The normalized spacial score (nSPS) is 25.3. The van der Waals surface area contributed by atoms with Crippen LogP contribution in [0, 0.1) is 25.7 Å². The molecular formula is C18H26N2O. The highest BCUT2D eigenvalue weighted by atomic mass is 16.2. The number of carbonyl (C=O) groups is 1. The molecule has 2 fully saturated rings. The molecule has 21 heavy (non-hydrogen) atoms. The summed E-state index contributed by atoms with van der Waals surface area (Å²) in [6.07, 6.45) is 6.59. The molecule has 3 nitrogen and oxygen atoms in total. The van der Waals surface area contributed by atoms with Gasteiger partial charge in [-0.2, -0.15) is 0 Å².